The van der Waals surface area contributed by atoms with Crippen molar-refractivity contribution in [3.63, 3.8) is 0 Å². The van der Waals surface area contributed by atoms with E-state index in [1.807, 2.05) is 13.0 Å². The summed E-state index contributed by atoms with van der Waals surface area (Å²) in [6.07, 6.45) is 3.81. The number of pyridine rings is 1. The van der Waals surface area contributed by atoms with Gasteiger partial charge in [-0.3, -0.25) is 0 Å². The fraction of sp³-hybridized carbons (Fsp3) is 0.167. The first kappa shape index (κ1) is 18.0. The Morgan fingerprint density at radius 1 is 1.04 bits per heavy atom. The smallest absolute Gasteiger partial charge is 0.225 e. The summed E-state index contributed by atoms with van der Waals surface area (Å²) in [5, 5.41) is 0.131. The maximum absolute atomic E-state index is 13.2. The second-order valence-electron chi connectivity index (χ2n) is 5.41. The Morgan fingerprint density at radius 2 is 1.88 bits per heavy atom. The van der Waals surface area contributed by atoms with E-state index in [0.717, 1.165) is 23.3 Å². The third kappa shape index (κ3) is 4.64. The molecule has 0 bridgehead atoms. The number of benzene rings is 1. The summed E-state index contributed by atoms with van der Waals surface area (Å²) in [5.74, 6) is -1.02. The van der Waals surface area contributed by atoms with Crippen molar-refractivity contribution < 1.29 is 18.3 Å². The van der Waals surface area contributed by atoms with Crippen LogP contribution in [0.25, 0.3) is 0 Å². The van der Waals surface area contributed by atoms with Crippen molar-refractivity contribution in [3.05, 3.63) is 70.8 Å². The molecule has 0 radical (unpaired) electrons. The minimum atomic E-state index is -0.976. The SMILES string of the molecule is Cc1cnc(Cl)nc1OCCc1ccc(Oc2ccc(F)c(F)c2)nc1. The monoisotopic (exact) mass is 377 g/mol. The molecule has 0 aliphatic rings. The van der Waals surface area contributed by atoms with Crippen LogP contribution in [0.4, 0.5) is 8.78 Å². The number of hydrogen-bond donors (Lipinski definition) is 0. The van der Waals surface area contributed by atoms with Crippen LogP contribution in [0, 0.1) is 18.6 Å². The molecule has 3 aromatic rings. The van der Waals surface area contributed by atoms with Gasteiger partial charge in [0.2, 0.25) is 17.0 Å². The molecule has 0 unspecified atom stereocenters. The van der Waals surface area contributed by atoms with E-state index >= 15 is 0 Å². The highest BCUT2D eigenvalue weighted by Crippen LogP contribution is 2.22. The molecule has 134 valence electrons. The molecule has 2 aromatic heterocycles. The minimum Gasteiger partial charge on any atom is -0.477 e. The van der Waals surface area contributed by atoms with Crippen LogP contribution in [0.1, 0.15) is 11.1 Å². The zero-order chi connectivity index (χ0) is 18.5. The molecule has 0 saturated heterocycles. The number of ether oxygens (including phenoxy) is 2. The van der Waals surface area contributed by atoms with Gasteiger partial charge in [0.15, 0.2) is 11.6 Å². The number of aromatic nitrogens is 3. The van der Waals surface area contributed by atoms with Gasteiger partial charge in [0.05, 0.1) is 6.61 Å². The topological polar surface area (TPSA) is 57.1 Å². The molecule has 0 atom stereocenters. The Kier molecular flexibility index (Phi) is 5.58. The van der Waals surface area contributed by atoms with Crippen molar-refractivity contribution in [1.29, 1.82) is 0 Å². The molecule has 0 N–H and O–H groups in total. The zero-order valence-corrected chi connectivity index (χ0v) is 14.5. The highest BCUT2D eigenvalue weighted by Gasteiger charge is 2.06. The summed E-state index contributed by atoms with van der Waals surface area (Å²) < 4.78 is 37.1. The maximum Gasteiger partial charge on any atom is 0.225 e. The van der Waals surface area contributed by atoms with Crippen molar-refractivity contribution in [3.8, 4) is 17.5 Å². The number of hydrogen-bond acceptors (Lipinski definition) is 5. The van der Waals surface area contributed by atoms with Gasteiger partial charge in [-0.05, 0) is 36.2 Å². The molecule has 0 aliphatic heterocycles. The van der Waals surface area contributed by atoms with Crippen molar-refractivity contribution in [2.75, 3.05) is 6.61 Å². The first-order chi connectivity index (χ1) is 12.5. The third-order valence-electron chi connectivity index (χ3n) is 3.44. The average molecular weight is 378 g/mol. The molecule has 3 rings (SSSR count). The molecule has 2 heterocycles. The van der Waals surface area contributed by atoms with E-state index < -0.39 is 11.6 Å². The van der Waals surface area contributed by atoms with Crippen LogP contribution < -0.4 is 9.47 Å². The highest BCUT2D eigenvalue weighted by atomic mass is 35.5. The Hall–Kier alpha value is -2.80. The first-order valence-corrected chi connectivity index (χ1v) is 8.09. The standard InChI is InChI=1S/C18H14ClF2N3O2/c1-11-9-23-18(19)24-17(11)25-7-6-12-2-5-16(22-10-12)26-13-3-4-14(20)15(21)8-13/h2-5,8-10H,6-7H2,1H3. The summed E-state index contributed by atoms with van der Waals surface area (Å²) in [4.78, 5) is 12.0. The molecular formula is C18H14ClF2N3O2. The predicted octanol–water partition coefficient (Wildman–Crippen LogP) is 4.53. The number of rotatable bonds is 6. The van der Waals surface area contributed by atoms with Crippen molar-refractivity contribution in [2.24, 2.45) is 0 Å². The molecule has 0 spiro atoms. The van der Waals surface area contributed by atoms with Gasteiger partial charge < -0.3 is 9.47 Å². The van der Waals surface area contributed by atoms with Crippen molar-refractivity contribution in [2.45, 2.75) is 13.3 Å². The summed E-state index contributed by atoms with van der Waals surface area (Å²) in [7, 11) is 0. The van der Waals surface area contributed by atoms with Crippen LogP contribution in [-0.4, -0.2) is 21.6 Å². The summed E-state index contributed by atoms with van der Waals surface area (Å²) in [6, 6.07) is 6.75. The van der Waals surface area contributed by atoms with E-state index in [1.54, 1.807) is 18.5 Å². The second kappa shape index (κ2) is 8.05. The molecule has 1 aromatic carbocycles. The molecule has 26 heavy (non-hydrogen) atoms. The van der Waals surface area contributed by atoms with Gasteiger partial charge in [0, 0.05) is 36.5 Å². The number of nitrogens with zero attached hydrogens (tertiary/aromatic N) is 3. The summed E-state index contributed by atoms with van der Waals surface area (Å²) in [6.45, 7) is 2.22. The van der Waals surface area contributed by atoms with Crippen LogP contribution in [0.15, 0.2) is 42.7 Å². The summed E-state index contributed by atoms with van der Waals surface area (Å²) >= 11 is 5.74. The second-order valence-corrected chi connectivity index (χ2v) is 5.75. The van der Waals surface area contributed by atoms with Crippen LogP contribution >= 0.6 is 11.6 Å². The van der Waals surface area contributed by atoms with E-state index in [-0.39, 0.29) is 16.9 Å². The third-order valence-corrected chi connectivity index (χ3v) is 3.62. The lowest BCUT2D eigenvalue weighted by Gasteiger charge is -2.08. The molecule has 0 fully saturated rings. The van der Waals surface area contributed by atoms with Gasteiger partial charge in [0.25, 0.3) is 0 Å². The average Bonchev–Trinajstić information content (AvgIpc) is 2.63. The predicted molar refractivity (Wildman–Crippen MR) is 91.6 cm³/mol. The lowest BCUT2D eigenvalue weighted by Crippen LogP contribution is -2.05. The van der Waals surface area contributed by atoms with Gasteiger partial charge >= 0.3 is 0 Å². The number of aryl methyl sites for hydroxylation is 1. The van der Waals surface area contributed by atoms with E-state index in [2.05, 4.69) is 15.0 Å². The van der Waals surface area contributed by atoms with Crippen molar-refractivity contribution >= 4 is 11.6 Å². The molecule has 5 nitrogen and oxygen atoms in total. The van der Waals surface area contributed by atoms with Gasteiger partial charge in [0.1, 0.15) is 5.75 Å². The number of halogens is 3. The van der Waals surface area contributed by atoms with E-state index in [9.17, 15) is 8.78 Å². The zero-order valence-electron chi connectivity index (χ0n) is 13.7. The van der Waals surface area contributed by atoms with Crippen molar-refractivity contribution in [1.82, 2.24) is 15.0 Å². The van der Waals surface area contributed by atoms with Gasteiger partial charge in [-0.2, -0.15) is 4.98 Å². The Balaban J connectivity index is 1.55. The summed E-state index contributed by atoms with van der Waals surface area (Å²) in [5.41, 5.74) is 1.71. The molecule has 0 amide bonds. The highest BCUT2D eigenvalue weighted by molar-refractivity contribution is 6.28. The Morgan fingerprint density at radius 3 is 2.62 bits per heavy atom. The maximum atomic E-state index is 13.2. The first-order valence-electron chi connectivity index (χ1n) is 7.71. The quantitative estimate of drug-likeness (QED) is 0.591. The minimum absolute atomic E-state index is 0.131. The molecule has 8 heteroatoms. The van der Waals surface area contributed by atoms with Gasteiger partial charge in [-0.1, -0.05) is 6.07 Å². The lowest BCUT2D eigenvalue weighted by molar-refractivity contribution is 0.306. The lowest BCUT2D eigenvalue weighted by atomic mass is 10.2. The van der Waals surface area contributed by atoms with Crippen LogP contribution in [0.3, 0.4) is 0 Å². The van der Waals surface area contributed by atoms with E-state index in [4.69, 9.17) is 21.1 Å². The molecular weight excluding hydrogens is 364 g/mol. The van der Waals surface area contributed by atoms with Gasteiger partial charge in [-0.15, -0.1) is 0 Å². The molecule has 0 aliphatic carbocycles. The Labute approximate surface area is 153 Å². The largest absolute Gasteiger partial charge is 0.477 e. The van der Waals surface area contributed by atoms with Crippen LogP contribution in [0.2, 0.25) is 5.28 Å². The fourth-order valence-corrected chi connectivity index (χ4v) is 2.22. The van der Waals surface area contributed by atoms with Crippen LogP contribution in [0.5, 0.6) is 17.5 Å². The van der Waals surface area contributed by atoms with E-state index in [0.29, 0.717) is 18.9 Å². The van der Waals surface area contributed by atoms with Gasteiger partial charge in [-0.25, -0.2) is 18.7 Å². The van der Waals surface area contributed by atoms with Crippen LogP contribution in [-0.2, 0) is 6.42 Å². The van der Waals surface area contributed by atoms with E-state index in [1.165, 1.54) is 6.07 Å². The normalized spacial score (nSPS) is 10.6. The molecule has 0 saturated carbocycles. The Bertz CT molecular complexity index is 907. The fourth-order valence-electron chi connectivity index (χ4n) is 2.10.